The predicted octanol–water partition coefficient (Wildman–Crippen LogP) is 3.95. The highest BCUT2D eigenvalue weighted by Crippen LogP contribution is 2.27. The first-order chi connectivity index (χ1) is 15.7. The number of nitrogens with zero attached hydrogens (tertiary/aromatic N) is 3. The molecule has 3 aromatic carbocycles. The molecule has 0 fully saturated rings. The van der Waals surface area contributed by atoms with Gasteiger partial charge in [0.05, 0.1) is 33.4 Å². The lowest BCUT2D eigenvalue weighted by Gasteiger charge is -2.12. The Morgan fingerprint density at radius 3 is 2.52 bits per heavy atom. The van der Waals surface area contributed by atoms with E-state index in [2.05, 4.69) is 9.97 Å². The number of nitrogens with one attached hydrogen (secondary N) is 1. The average molecular weight is 468 g/mol. The van der Waals surface area contributed by atoms with E-state index in [-0.39, 0.29) is 16.8 Å². The lowest BCUT2D eigenvalue weighted by Crippen LogP contribution is -2.16. The predicted molar refractivity (Wildman–Crippen MR) is 111 cm³/mol. The van der Waals surface area contributed by atoms with E-state index in [1.54, 1.807) is 6.07 Å². The Morgan fingerprint density at radius 2 is 1.79 bits per heavy atom. The molecular formula is C22H11F3N4O3S. The largest absolute Gasteiger partial charge is 0.288 e. The van der Waals surface area contributed by atoms with E-state index in [1.165, 1.54) is 24.4 Å². The topological polar surface area (TPSA) is 113 Å². The first kappa shape index (κ1) is 21.9. The van der Waals surface area contributed by atoms with Crippen molar-refractivity contribution in [2.45, 2.75) is 4.90 Å². The van der Waals surface area contributed by atoms with E-state index in [4.69, 9.17) is 5.26 Å². The van der Waals surface area contributed by atoms with Gasteiger partial charge in [0.2, 0.25) is 0 Å². The molecule has 1 aromatic heterocycles. The third-order valence-electron chi connectivity index (χ3n) is 4.59. The van der Waals surface area contributed by atoms with Crippen LogP contribution in [0.4, 0.5) is 18.9 Å². The monoisotopic (exact) mass is 468 g/mol. The zero-order valence-corrected chi connectivity index (χ0v) is 17.2. The van der Waals surface area contributed by atoms with Crippen molar-refractivity contribution in [3.8, 4) is 6.07 Å². The van der Waals surface area contributed by atoms with E-state index in [9.17, 15) is 22.0 Å². The number of carbonyl (C=O) groups excluding carboxylic acids is 1. The Hall–Kier alpha value is -4.30. The van der Waals surface area contributed by atoms with Crippen LogP contribution < -0.4 is 4.72 Å². The number of hydrogen-bond acceptors (Lipinski definition) is 6. The molecule has 1 N–H and O–H groups in total. The molecule has 0 aliphatic carbocycles. The zero-order valence-electron chi connectivity index (χ0n) is 16.4. The highest BCUT2D eigenvalue weighted by molar-refractivity contribution is 7.92. The second-order valence-electron chi connectivity index (χ2n) is 6.75. The fraction of sp³-hybridized carbons (Fsp3) is 0. The molecule has 11 heteroatoms. The molecule has 33 heavy (non-hydrogen) atoms. The first-order valence-corrected chi connectivity index (χ1v) is 10.7. The third kappa shape index (κ3) is 4.24. The molecule has 0 spiro atoms. The minimum Gasteiger partial charge on any atom is -0.288 e. The van der Waals surface area contributed by atoms with E-state index < -0.39 is 49.4 Å². The molecular weight excluding hydrogens is 457 g/mol. The van der Waals surface area contributed by atoms with Gasteiger partial charge in [-0.05, 0) is 48.5 Å². The number of carbonyl (C=O) groups is 1. The summed E-state index contributed by atoms with van der Waals surface area (Å²) in [4.78, 5) is 20.4. The quantitative estimate of drug-likeness (QED) is 0.444. The van der Waals surface area contributed by atoms with Gasteiger partial charge in [-0.2, -0.15) is 5.26 Å². The number of nitriles is 1. The number of ketones is 1. The Labute approximate surface area is 185 Å². The molecule has 0 saturated carbocycles. The maximum atomic E-state index is 15.1. The third-order valence-corrected chi connectivity index (χ3v) is 5.95. The van der Waals surface area contributed by atoms with Gasteiger partial charge >= 0.3 is 0 Å². The molecule has 0 atom stereocenters. The highest BCUT2D eigenvalue weighted by Gasteiger charge is 2.25. The smallest absolute Gasteiger partial charge is 0.262 e. The van der Waals surface area contributed by atoms with Crippen LogP contribution in [0, 0.1) is 28.8 Å². The van der Waals surface area contributed by atoms with E-state index in [1.807, 2.05) is 4.72 Å². The minimum absolute atomic E-state index is 0.0155. The fourth-order valence-electron chi connectivity index (χ4n) is 3.03. The van der Waals surface area contributed by atoms with Crippen LogP contribution in [-0.2, 0) is 10.0 Å². The Balaban J connectivity index is 1.75. The Bertz CT molecular complexity index is 1580. The van der Waals surface area contributed by atoms with Gasteiger partial charge in [-0.1, -0.05) is 6.07 Å². The average Bonchev–Trinajstić information content (AvgIpc) is 2.80. The minimum atomic E-state index is -4.43. The molecule has 0 unspecified atom stereocenters. The van der Waals surface area contributed by atoms with E-state index >= 15 is 4.39 Å². The van der Waals surface area contributed by atoms with Gasteiger partial charge < -0.3 is 0 Å². The van der Waals surface area contributed by atoms with Gasteiger partial charge in [-0.3, -0.25) is 14.5 Å². The molecule has 4 aromatic rings. The SMILES string of the molecule is N#Cc1cnc2ccc(C(=O)c3c(F)ccc(NS(=O)(=O)c4cccc(F)c4)c3F)cc2n1. The van der Waals surface area contributed by atoms with Gasteiger partial charge in [0.25, 0.3) is 10.0 Å². The van der Waals surface area contributed by atoms with E-state index in [0.29, 0.717) is 5.52 Å². The maximum absolute atomic E-state index is 15.1. The van der Waals surface area contributed by atoms with Gasteiger partial charge in [0.15, 0.2) is 17.3 Å². The lowest BCUT2D eigenvalue weighted by atomic mass is 10.0. The highest BCUT2D eigenvalue weighted by atomic mass is 32.2. The van der Waals surface area contributed by atoms with E-state index in [0.717, 1.165) is 36.4 Å². The van der Waals surface area contributed by atoms with Crippen molar-refractivity contribution in [3.05, 3.63) is 95.1 Å². The molecule has 164 valence electrons. The van der Waals surface area contributed by atoms with Crippen molar-refractivity contribution < 1.29 is 26.4 Å². The number of hydrogen-bond donors (Lipinski definition) is 1. The van der Waals surface area contributed by atoms with Crippen LogP contribution >= 0.6 is 0 Å². The van der Waals surface area contributed by atoms with Crippen LogP contribution in [-0.4, -0.2) is 24.2 Å². The summed E-state index contributed by atoms with van der Waals surface area (Å²) in [5, 5.41) is 8.95. The van der Waals surface area contributed by atoms with Crippen LogP contribution in [0.25, 0.3) is 11.0 Å². The molecule has 0 amide bonds. The lowest BCUT2D eigenvalue weighted by molar-refractivity contribution is 0.103. The first-order valence-electron chi connectivity index (χ1n) is 9.17. The van der Waals surface area contributed by atoms with Gasteiger partial charge in [-0.25, -0.2) is 26.6 Å². The van der Waals surface area contributed by atoms with Crippen molar-refractivity contribution >= 4 is 32.5 Å². The number of halogens is 3. The van der Waals surface area contributed by atoms with Crippen molar-refractivity contribution in [1.29, 1.82) is 5.26 Å². The number of anilines is 1. The summed E-state index contributed by atoms with van der Waals surface area (Å²) in [6.07, 6.45) is 1.23. The van der Waals surface area contributed by atoms with Crippen LogP contribution in [0.1, 0.15) is 21.6 Å². The summed E-state index contributed by atoms with van der Waals surface area (Å²) in [6.45, 7) is 0. The molecule has 0 aliphatic heterocycles. The molecule has 0 saturated heterocycles. The van der Waals surface area contributed by atoms with Crippen molar-refractivity contribution in [1.82, 2.24) is 9.97 Å². The number of sulfonamides is 1. The molecule has 0 bridgehead atoms. The fourth-order valence-corrected chi connectivity index (χ4v) is 4.12. The van der Waals surface area contributed by atoms with Crippen LogP contribution in [0.3, 0.4) is 0 Å². The summed E-state index contributed by atoms with van der Waals surface area (Å²) < 4.78 is 69.8. The second-order valence-corrected chi connectivity index (χ2v) is 8.43. The zero-order chi connectivity index (χ0) is 23.8. The number of fused-ring (bicyclic) bond motifs is 1. The number of aromatic nitrogens is 2. The normalized spacial score (nSPS) is 11.2. The van der Waals surface area contributed by atoms with Gasteiger partial charge in [0.1, 0.15) is 17.7 Å². The van der Waals surface area contributed by atoms with Crippen LogP contribution in [0.5, 0.6) is 0 Å². The Morgan fingerprint density at radius 1 is 1.00 bits per heavy atom. The summed E-state index contributed by atoms with van der Waals surface area (Å²) in [6, 6.07) is 11.2. The van der Waals surface area contributed by atoms with Crippen molar-refractivity contribution in [2.75, 3.05) is 4.72 Å². The van der Waals surface area contributed by atoms with Crippen LogP contribution in [0.15, 0.2) is 65.7 Å². The van der Waals surface area contributed by atoms with Gasteiger partial charge in [-0.15, -0.1) is 0 Å². The van der Waals surface area contributed by atoms with Crippen LogP contribution in [0.2, 0.25) is 0 Å². The van der Waals surface area contributed by atoms with Gasteiger partial charge in [0, 0.05) is 5.56 Å². The molecule has 1 heterocycles. The summed E-state index contributed by atoms with van der Waals surface area (Å²) in [7, 11) is -4.43. The molecule has 4 rings (SSSR count). The molecule has 7 nitrogen and oxygen atoms in total. The maximum Gasteiger partial charge on any atom is 0.262 e. The standard InChI is InChI=1S/C22H11F3N4O3S/c23-13-2-1-3-15(9-13)33(31,32)29-18-7-5-16(24)20(21(18)25)22(30)12-4-6-17-19(8-12)28-14(10-26)11-27-17/h1-9,11,29H. The molecule has 0 radical (unpaired) electrons. The second kappa shape index (κ2) is 8.33. The number of benzene rings is 3. The number of rotatable bonds is 5. The summed E-state index contributed by atoms with van der Waals surface area (Å²) >= 11 is 0. The summed E-state index contributed by atoms with van der Waals surface area (Å²) in [5.41, 5.74) is -1.37. The molecule has 0 aliphatic rings. The van der Waals surface area contributed by atoms with Crippen molar-refractivity contribution in [3.63, 3.8) is 0 Å². The van der Waals surface area contributed by atoms with Crippen molar-refractivity contribution in [2.24, 2.45) is 0 Å². The summed E-state index contributed by atoms with van der Waals surface area (Å²) in [5.74, 6) is -4.57. The Kier molecular flexibility index (Phi) is 5.53.